The Morgan fingerprint density at radius 1 is 0.613 bits per heavy atom. The molecule has 1 rings (SSSR count). The number of benzene rings is 1. The summed E-state index contributed by atoms with van der Waals surface area (Å²) in [6, 6.07) is 8.09. The van der Waals surface area contributed by atoms with Gasteiger partial charge in [-0.15, -0.1) is 0 Å². The van der Waals surface area contributed by atoms with Crippen molar-refractivity contribution in [1.82, 2.24) is 0 Å². The van der Waals surface area contributed by atoms with Gasteiger partial charge < -0.3 is 9.47 Å². The number of allylic oxidation sites excluding steroid dienone is 1. The first-order valence-electron chi connectivity index (χ1n) is 13.2. The van der Waals surface area contributed by atoms with Gasteiger partial charge in [-0.05, 0) is 37.0 Å². The van der Waals surface area contributed by atoms with Gasteiger partial charge in [-0.2, -0.15) is 0 Å². The summed E-state index contributed by atoms with van der Waals surface area (Å²) in [5, 5.41) is 0. The summed E-state index contributed by atoms with van der Waals surface area (Å²) < 4.78 is 10.9. The van der Waals surface area contributed by atoms with Crippen molar-refractivity contribution in [3.63, 3.8) is 0 Å². The Kier molecular flexibility index (Phi) is 19.6. The van der Waals surface area contributed by atoms with Crippen LogP contribution in [0.5, 0.6) is 5.75 Å². The molecule has 0 saturated carbocycles. The second-order valence-electron chi connectivity index (χ2n) is 8.90. The molecule has 1 aromatic carbocycles. The lowest BCUT2D eigenvalue weighted by molar-refractivity contribution is 0.125. The molecule has 31 heavy (non-hydrogen) atoms. The second kappa shape index (κ2) is 21.9. The fourth-order valence-corrected chi connectivity index (χ4v) is 3.93. The molecule has 1 aromatic rings. The molecule has 0 N–H and O–H groups in total. The average Bonchev–Trinajstić information content (AvgIpc) is 2.80. The van der Waals surface area contributed by atoms with Gasteiger partial charge in [-0.1, -0.05) is 121 Å². The fraction of sp³-hybridized carbons (Fsp3) is 0.724. The molecule has 0 atom stereocenters. The Hall–Kier alpha value is -1.28. The summed E-state index contributed by atoms with van der Waals surface area (Å²) >= 11 is 0. The maximum Gasteiger partial charge on any atom is 0.118 e. The number of rotatable bonds is 22. The topological polar surface area (TPSA) is 18.5 Å². The van der Waals surface area contributed by atoms with Crippen LogP contribution in [0.3, 0.4) is 0 Å². The Morgan fingerprint density at radius 2 is 1.10 bits per heavy atom. The van der Waals surface area contributed by atoms with Crippen LogP contribution in [0.15, 0.2) is 36.4 Å². The van der Waals surface area contributed by atoms with Gasteiger partial charge in [0.1, 0.15) is 5.75 Å². The van der Waals surface area contributed by atoms with E-state index in [1.165, 1.54) is 108 Å². The Balaban J connectivity index is 1.75. The van der Waals surface area contributed by atoms with Crippen LogP contribution in [0.4, 0.5) is 0 Å². The number of ether oxygens (including phenoxy) is 2. The zero-order valence-corrected chi connectivity index (χ0v) is 20.7. The van der Waals surface area contributed by atoms with Crippen molar-refractivity contribution in [2.24, 2.45) is 0 Å². The molecule has 0 spiro atoms. The van der Waals surface area contributed by atoms with Crippen molar-refractivity contribution in [3.05, 3.63) is 42.0 Å². The van der Waals surface area contributed by atoms with E-state index in [-0.39, 0.29) is 0 Å². The SMILES string of the molecule is CCCCCCCCCCCCCCCCC/C=C/CCOCc1ccc(OC)cc1. The maximum absolute atomic E-state index is 5.73. The van der Waals surface area contributed by atoms with E-state index in [2.05, 4.69) is 31.2 Å². The molecular weight excluding hydrogens is 380 g/mol. The third-order valence-corrected chi connectivity index (χ3v) is 6.00. The fourth-order valence-electron chi connectivity index (χ4n) is 3.93. The van der Waals surface area contributed by atoms with Crippen LogP contribution in [0.25, 0.3) is 0 Å². The van der Waals surface area contributed by atoms with Crippen LogP contribution in [0, 0.1) is 0 Å². The minimum Gasteiger partial charge on any atom is -0.497 e. The van der Waals surface area contributed by atoms with E-state index < -0.39 is 0 Å². The lowest BCUT2D eigenvalue weighted by Crippen LogP contribution is -1.94. The highest BCUT2D eigenvalue weighted by atomic mass is 16.5. The number of hydrogen-bond acceptors (Lipinski definition) is 2. The summed E-state index contributed by atoms with van der Waals surface area (Å²) in [5.41, 5.74) is 1.20. The van der Waals surface area contributed by atoms with Gasteiger partial charge in [0.25, 0.3) is 0 Å². The van der Waals surface area contributed by atoms with E-state index in [1.807, 2.05) is 12.1 Å². The number of hydrogen-bond donors (Lipinski definition) is 0. The predicted molar refractivity (Wildman–Crippen MR) is 136 cm³/mol. The van der Waals surface area contributed by atoms with Gasteiger partial charge >= 0.3 is 0 Å². The molecule has 0 bridgehead atoms. The van der Waals surface area contributed by atoms with Crippen LogP contribution in [0.2, 0.25) is 0 Å². The highest BCUT2D eigenvalue weighted by molar-refractivity contribution is 5.26. The van der Waals surface area contributed by atoms with Gasteiger partial charge in [0.15, 0.2) is 0 Å². The Labute approximate surface area is 193 Å². The van der Waals surface area contributed by atoms with Gasteiger partial charge in [0.2, 0.25) is 0 Å². The molecule has 0 fully saturated rings. The highest BCUT2D eigenvalue weighted by Gasteiger charge is 1.95. The molecule has 0 aromatic heterocycles. The summed E-state index contributed by atoms with van der Waals surface area (Å²) in [6.45, 7) is 3.76. The normalized spacial score (nSPS) is 11.4. The molecule has 0 aliphatic heterocycles. The standard InChI is InChI=1S/C29H50O2/c1-3-4-5-6-7-8-9-10-11-12-13-14-15-16-17-18-19-20-21-26-31-27-28-22-24-29(30-2)25-23-28/h19-20,22-25H,3-18,21,26-27H2,1-2H3/b20-19+. The smallest absolute Gasteiger partial charge is 0.118 e. The van der Waals surface area contributed by atoms with Crippen molar-refractivity contribution in [1.29, 1.82) is 0 Å². The molecule has 0 amide bonds. The second-order valence-corrected chi connectivity index (χ2v) is 8.90. The van der Waals surface area contributed by atoms with Crippen LogP contribution in [-0.2, 0) is 11.3 Å². The molecule has 0 heterocycles. The van der Waals surface area contributed by atoms with Gasteiger partial charge in [0, 0.05) is 0 Å². The molecular formula is C29H50O2. The first-order valence-corrected chi connectivity index (χ1v) is 13.2. The average molecular weight is 431 g/mol. The lowest BCUT2D eigenvalue weighted by atomic mass is 10.0. The minimum atomic E-state index is 0.677. The largest absolute Gasteiger partial charge is 0.497 e. The van der Waals surface area contributed by atoms with Crippen molar-refractivity contribution in [2.75, 3.05) is 13.7 Å². The number of unbranched alkanes of at least 4 members (excludes halogenated alkanes) is 15. The zero-order chi connectivity index (χ0) is 22.2. The maximum atomic E-state index is 5.73. The molecule has 0 aliphatic rings. The third kappa shape index (κ3) is 18.0. The van der Waals surface area contributed by atoms with Crippen LogP contribution in [0.1, 0.15) is 122 Å². The Bertz CT molecular complexity index is 506. The van der Waals surface area contributed by atoms with Crippen LogP contribution < -0.4 is 4.74 Å². The lowest BCUT2D eigenvalue weighted by Gasteiger charge is -2.04. The van der Waals surface area contributed by atoms with E-state index >= 15 is 0 Å². The monoisotopic (exact) mass is 430 g/mol. The molecule has 0 aliphatic carbocycles. The molecule has 0 saturated heterocycles. The van der Waals surface area contributed by atoms with E-state index in [0.29, 0.717) is 6.61 Å². The van der Waals surface area contributed by atoms with Crippen molar-refractivity contribution in [3.8, 4) is 5.75 Å². The summed E-state index contributed by atoms with van der Waals surface area (Å²) in [7, 11) is 1.69. The molecule has 0 unspecified atom stereocenters. The predicted octanol–water partition coefficient (Wildman–Crippen LogP) is 9.42. The number of methoxy groups -OCH3 is 1. The first-order chi connectivity index (χ1) is 15.4. The van der Waals surface area contributed by atoms with E-state index in [1.54, 1.807) is 7.11 Å². The van der Waals surface area contributed by atoms with Gasteiger partial charge in [-0.25, -0.2) is 0 Å². The quantitative estimate of drug-likeness (QED) is 0.135. The van der Waals surface area contributed by atoms with E-state index in [0.717, 1.165) is 18.8 Å². The molecule has 2 nitrogen and oxygen atoms in total. The van der Waals surface area contributed by atoms with E-state index in [4.69, 9.17) is 9.47 Å². The summed E-state index contributed by atoms with van der Waals surface area (Å²) in [6.07, 6.45) is 28.3. The van der Waals surface area contributed by atoms with Gasteiger partial charge in [-0.3, -0.25) is 0 Å². The minimum absolute atomic E-state index is 0.677. The van der Waals surface area contributed by atoms with E-state index in [9.17, 15) is 0 Å². The third-order valence-electron chi connectivity index (χ3n) is 6.00. The van der Waals surface area contributed by atoms with Gasteiger partial charge in [0.05, 0.1) is 20.3 Å². The molecule has 2 heteroatoms. The van der Waals surface area contributed by atoms with Crippen molar-refractivity contribution >= 4 is 0 Å². The van der Waals surface area contributed by atoms with Crippen molar-refractivity contribution in [2.45, 2.75) is 123 Å². The molecule has 178 valence electrons. The highest BCUT2D eigenvalue weighted by Crippen LogP contribution is 2.14. The Morgan fingerprint density at radius 3 is 1.61 bits per heavy atom. The van der Waals surface area contributed by atoms with Crippen molar-refractivity contribution < 1.29 is 9.47 Å². The summed E-state index contributed by atoms with van der Waals surface area (Å²) in [5.74, 6) is 0.894. The van der Waals surface area contributed by atoms with Crippen LogP contribution in [-0.4, -0.2) is 13.7 Å². The first kappa shape index (κ1) is 27.8. The molecule has 0 radical (unpaired) electrons. The van der Waals surface area contributed by atoms with Crippen LogP contribution >= 0.6 is 0 Å². The summed E-state index contributed by atoms with van der Waals surface area (Å²) in [4.78, 5) is 0. The zero-order valence-electron chi connectivity index (χ0n) is 20.7.